The van der Waals surface area contributed by atoms with Crippen molar-refractivity contribution in [2.45, 2.75) is 64.3 Å². The fraction of sp³-hybridized carbons (Fsp3) is 0.500. The molecule has 1 heterocycles. The van der Waals surface area contributed by atoms with Crippen molar-refractivity contribution in [3.05, 3.63) is 39.8 Å². The van der Waals surface area contributed by atoms with Crippen molar-refractivity contribution in [2.75, 3.05) is 5.32 Å². The van der Waals surface area contributed by atoms with Crippen LogP contribution in [0.25, 0.3) is 0 Å². The molecule has 1 aromatic carbocycles. The fourth-order valence-electron chi connectivity index (χ4n) is 3.24. The summed E-state index contributed by atoms with van der Waals surface area (Å²) < 4.78 is 0. The number of carbonyl (C=O) groups is 2. The lowest BCUT2D eigenvalue weighted by atomic mass is 10.1. The normalized spacial score (nSPS) is 15.1. The molecule has 3 rings (SSSR count). The van der Waals surface area contributed by atoms with Gasteiger partial charge in [-0.3, -0.25) is 9.59 Å². The van der Waals surface area contributed by atoms with E-state index in [0.29, 0.717) is 16.3 Å². The first-order valence-electron chi connectivity index (χ1n) is 9.70. The molecule has 0 aliphatic heterocycles. The van der Waals surface area contributed by atoms with Gasteiger partial charge in [-0.25, -0.2) is 0 Å². The molecule has 0 radical (unpaired) electrons. The molecule has 0 spiro atoms. The summed E-state index contributed by atoms with van der Waals surface area (Å²) in [6.07, 6.45) is 8.80. The molecule has 0 bridgehead atoms. The quantitative estimate of drug-likeness (QED) is 0.729. The van der Waals surface area contributed by atoms with Crippen LogP contribution < -0.4 is 10.6 Å². The molecule has 2 N–H and O–H groups in total. The van der Waals surface area contributed by atoms with Gasteiger partial charge in [0.15, 0.2) is 0 Å². The summed E-state index contributed by atoms with van der Waals surface area (Å²) in [6.45, 7) is 2.06. The Morgan fingerprint density at radius 1 is 1.04 bits per heavy atom. The molecule has 6 nitrogen and oxygen atoms in total. The second-order valence-electron chi connectivity index (χ2n) is 6.94. The third kappa shape index (κ3) is 5.60. The van der Waals surface area contributed by atoms with Crippen molar-refractivity contribution < 1.29 is 9.59 Å². The van der Waals surface area contributed by atoms with E-state index in [2.05, 4.69) is 27.8 Å². The molecule has 0 atom stereocenters. The molecule has 2 aromatic rings. The van der Waals surface area contributed by atoms with Crippen LogP contribution in [0.15, 0.2) is 24.3 Å². The molecular formula is C20H26N4O2S. The summed E-state index contributed by atoms with van der Waals surface area (Å²) in [5, 5.41) is 15.1. The number of nitrogens with zero attached hydrogens (tertiary/aromatic N) is 2. The van der Waals surface area contributed by atoms with E-state index >= 15 is 0 Å². The predicted molar refractivity (Wildman–Crippen MR) is 107 cm³/mol. The average molecular weight is 387 g/mol. The van der Waals surface area contributed by atoms with Gasteiger partial charge in [-0.05, 0) is 43.5 Å². The molecule has 0 saturated heterocycles. The number of nitrogens with one attached hydrogen (secondary N) is 2. The molecule has 1 fully saturated rings. The van der Waals surface area contributed by atoms with Crippen LogP contribution in [0, 0.1) is 0 Å². The second-order valence-corrected chi connectivity index (χ2v) is 8.01. The van der Waals surface area contributed by atoms with Gasteiger partial charge < -0.3 is 10.6 Å². The van der Waals surface area contributed by atoms with Gasteiger partial charge in [-0.1, -0.05) is 43.9 Å². The fourth-order valence-corrected chi connectivity index (χ4v) is 4.08. The van der Waals surface area contributed by atoms with E-state index in [4.69, 9.17) is 0 Å². The van der Waals surface area contributed by atoms with Crippen molar-refractivity contribution in [3.63, 3.8) is 0 Å². The summed E-state index contributed by atoms with van der Waals surface area (Å²) in [5.74, 6) is -0.321. The molecule has 1 aromatic heterocycles. The van der Waals surface area contributed by atoms with Crippen molar-refractivity contribution in [1.82, 2.24) is 15.5 Å². The largest absolute Gasteiger partial charge is 0.349 e. The third-order valence-corrected chi connectivity index (χ3v) is 5.70. The van der Waals surface area contributed by atoms with E-state index in [0.717, 1.165) is 30.7 Å². The van der Waals surface area contributed by atoms with Crippen LogP contribution in [0.4, 0.5) is 5.69 Å². The van der Waals surface area contributed by atoms with Gasteiger partial charge >= 0.3 is 0 Å². The van der Waals surface area contributed by atoms with Crippen molar-refractivity contribution >= 4 is 28.8 Å². The molecule has 1 saturated carbocycles. The molecule has 7 heteroatoms. The lowest BCUT2D eigenvalue weighted by Crippen LogP contribution is -2.34. The van der Waals surface area contributed by atoms with Crippen molar-refractivity contribution in [3.8, 4) is 0 Å². The highest BCUT2D eigenvalue weighted by molar-refractivity contribution is 7.13. The van der Waals surface area contributed by atoms with E-state index in [1.54, 1.807) is 24.3 Å². The molecule has 144 valence electrons. The van der Waals surface area contributed by atoms with Gasteiger partial charge in [-0.15, -0.1) is 10.2 Å². The highest BCUT2D eigenvalue weighted by atomic mass is 32.1. The Kier molecular flexibility index (Phi) is 6.92. The van der Waals surface area contributed by atoms with Gasteiger partial charge in [-0.2, -0.15) is 0 Å². The van der Waals surface area contributed by atoms with Gasteiger partial charge in [0.1, 0.15) is 5.01 Å². The van der Waals surface area contributed by atoms with Crippen molar-refractivity contribution in [2.24, 2.45) is 0 Å². The van der Waals surface area contributed by atoms with Crippen LogP contribution in [-0.4, -0.2) is 28.1 Å². The highest BCUT2D eigenvalue weighted by Crippen LogP contribution is 2.18. The van der Waals surface area contributed by atoms with Crippen LogP contribution in [0.2, 0.25) is 0 Å². The van der Waals surface area contributed by atoms with E-state index < -0.39 is 0 Å². The Labute approximate surface area is 163 Å². The van der Waals surface area contributed by atoms with E-state index in [1.807, 2.05) is 0 Å². The number of carbonyl (C=O) groups excluding carboxylic acids is 2. The number of aromatic nitrogens is 2. The first-order chi connectivity index (χ1) is 13.2. The lowest BCUT2D eigenvalue weighted by Gasteiger charge is -2.16. The second kappa shape index (κ2) is 9.60. The Bertz CT molecular complexity index is 765. The Balaban J connectivity index is 1.55. The summed E-state index contributed by atoms with van der Waals surface area (Å²) in [6, 6.07) is 7.24. The maximum atomic E-state index is 12.4. The van der Waals surface area contributed by atoms with Gasteiger partial charge in [0.05, 0.1) is 0 Å². The summed E-state index contributed by atoms with van der Waals surface area (Å²) in [7, 11) is 0. The SMILES string of the molecule is CCCc1nnc(C(=O)Nc2ccc(C(=O)NC3CCCCCC3)cc2)s1. The summed E-state index contributed by atoms with van der Waals surface area (Å²) >= 11 is 1.32. The third-order valence-electron chi connectivity index (χ3n) is 4.72. The molecule has 1 aliphatic rings. The number of rotatable bonds is 6. The molecule has 0 unspecified atom stereocenters. The number of anilines is 1. The zero-order chi connectivity index (χ0) is 19.1. The monoisotopic (exact) mass is 386 g/mol. The van der Waals surface area contributed by atoms with Crippen LogP contribution >= 0.6 is 11.3 Å². The maximum absolute atomic E-state index is 12.4. The first-order valence-corrected chi connectivity index (χ1v) is 10.5. The zero-order valence-corrected chi connectivity index (χ0v) is 16.5. The first kappa shape index (κ1) is 19.5. The molecule has 1 aliphatic carbocycles. The topological polar surface area (TPSA) is 84.0 Å². The molecule has 2 amide bonds. The van der Waals surface area contributed by atoms with E-state index in [-0.39, 0.29) is 17.9 Å². The standard InChI is InChI=1S/C20H26N4O2S/c1-2-7-17-23-24-20(27-17)19(26)22-16-12-10-14(11-13-16)18(25)21-15-8-5-3-4-6-9-15/h10-13,15H,2-9H2,1H3,(H,21,25)(H,22,26). The molecular weight excluding hydrogens is 360 g/mol. The Morgan fingerprint density at radius 3 is 2.41 bits per heavy atom. The van der Waals surface area contributed by atoms with E-state index in [9.17, 15) is 9.59 Å². The smallest absolute Gasteiger partial charge is 0.286 e. The van der Waals surface area contributed by atoms with Crippen molar-refractivity contribution in [1.29, 1.82) is 0 Å². The van der Waals surface area contributed by atoms with Gasteiger partial charge in [0, 0.05) is 23.7 Å². The van der Waals surface area contributed by atoms with Crippen LogP contribution in [0.1, 0.15) is 77.0 Å². The lowest BCUT2D eigenvalue weighted by molar-refractivity contribution is 0.0933. The van der Waals surface area contributed by atoms with Crippen LogP contribution in [0.5, 0.6) is 0 Å². The number of aryl methyl sites for hydroxylation is 1. The molecule has 27 heavy (non-hydrogen) atoms. The highest BCUT2D eigenvalue weighted by Gasteiger charge is 2.16. The van der Waals surface area contributed by atoms with E-state index in [1.165, 1.54) is 37.0 Å². The van der Waals surface area contributed by atoms with Gasteiger partial charge in [0.25, 0.3) is 11.8 Å². The minimum atomic E-state index is -0.273. The van der Waals surface area contributed by atoms with Crippen LogP contribution in [0.3, 0.4) is 0 Å². The number of hydrogen-bond acceptors (Lipinski definition) is 5. The Morgan fingerprint density at radius 2 is 1.74 bits per heavy atom. The maximum Gasteiger partial charge on any atom is 0.286 e. The number of hydrogen-bond donors (Lipinski definition) is 2. The summed E-state index contributed by atoms with van der Waals surface area (Å²) in [5.41, 5.74) is 1.25. The minimum Gasteiger partial charge on any atom is -0.349 e. The predicted octanol–water partition coefficient (Wildman–Crippen LogP) is 4.20. The number of benzene rings is 1. The zero-order valence-electron chi connectivity index (χ0n) is 15.7. The number of amides is 2. The average Bonchev–Trinajstić information content (AvgIpc) is 2.99. The van der Waals surface area contributed by atoms with Gasteiger partial charge in [0.2, 0.25) is 5.01 Å². The minimum absolute atomic E-state index is 0.0480. The Hall–Kier alpha value is -2.28. The van der Waals surface area contributed by atoms with Crippen LogP contribution in [-0.2, 0) is 6.42 Å². The summed E-state index contributed by atoms with van der Waals surface area (Å²) in [4.78, 5) is 24.7.